The number of allylic oxidation sites excluding steroid dienone is 1. The standard InChI is InChI=1S/C8H15NO2S/c1-6(2)3-4-12-5-7(9)8(10)11/h3,7H,4-5,9H2,1-2H3,(H,10,11)/t7-/m1/s1. The van der Waals surface area contributed by atoms with Gasteiger partial charge in [-0.05, 0) is 13.8 Å². The maximum absolute atomic E-state index is 10.3. The zero-order chi connectivity index (χ0) is 9.56. The van der Waals surface area contributed by atoms with E-state index in [1.807, 2.05) is 13.8 Å². The maximum Gasteiger partial charge on any atom is 0.321 e. The second-order valence-electron chi connectivity index (χ2n) is 2.76. The second kappa shape index (κ2) is 6.08. The molecule has 0 saturated heterocycles. The Morgan fingerprint density at radius 3 is 2.67 bits per heavy atom. The molecule has 0 aromatic carbocycles. The molecule has 0 saturated carbocycles. The lowest BCUT2D eigenvalue weighted by atomic mass is 10.3. The molecule has 0 spiro atoms. The summed E-state index contributed by atoms with van der Waals surface area (Å²) in [6.45, 7) is 4.02. The zero-order valence-electron chi connectivity index (χ0n) is 7.41. The highest BCUT2D eigenvalue weighted by Crippen LogP contribution is 2.03. The van der Waals surface area contributed by atoms with Crippen molar-refractivity contribution in [3.8, 4) is 0 Å². The lowest BCUT2D eigenvalue weighted by Crippen LogP contribution is -2.32. The fourth-order valence-corrected chi connectivity index (χ4v) is 1.48. The van der Waals surface area contributed by atoms with Crippen LogP contribution < -0.4 is 5.73 Å². The molecule has 0 aliphatic rings. The van der Waals surface area contributed by atoms with Gasteiger partial charge in [0.2, 0.25) is 0 Å². The van der Waals surface area contributed by atoms with E-state index in [2.05, 4.69) is 6.08 Å². The minimum absolute atomic E-state index is 0.471. The highest BCUT2D eigenvalue weighted by molar-refractivity contribution is 7.99. The van der Waals surface area contributed by atoms with E-state index in [1.54, 1.807) is 0 Å². The third-order valence-electron chi connectivity index (χ3n) is 1.22. The lowest BCUT2D eigenvalue weighted by molar-refractivity contribution is -0.137. The molecule has 0 rings (SSSR count). The molecule has 3 nitrogen and oxygen atoms in total. The van der Waals surface area contributed by atoms with E-state index >= 15 is 0 Å². The molecule has 70 valence electrons. The van der Waals surface area contributed by atoms with Gasteiger partial charge in [-0.1, -0.05) is 11.6 Å². The summed E-state index contributed by atoms with van der Waals surface area (Å²) in [4.78, 5) is 10.3. The molecule has 0 aromatic rings. The van der Waals surface area contributed by atoms with Gasteiger partial charge in [-0.2, -0.15) is 11.8 Å². The van der Waals surface area contributed by atoms with Crippen LogP contribution in [0, 0.1) is 0 Å². The number of hydrogen-bond acceptors (Lipinski definition) is 3. The van der Waals surface area contributed by atoms with E-state index < -0.39 is 12.0 Å². The van der Waals surface area contributed by atoms with E-state index in [-0.39, 0.29) is 0 Å². The van der Waals surface area contributed by atoms with E-state index in [0.717, 1.165) is 5.75 Å². The molecule has 0 aromatic heterocycles. The Hall–Kier alpha value is -0.480. The summed E-state index contributed by atoms with van der Waals surface area (Å²) in [7, 11) is 0. The van der Waals surface area contributed by atoms with Crippen molar-refractivity contribution in [2.75, 3.05) is 11.5 Å². The minimum Gasteiger partial charge on any atom is -0.480 e. The number of rotatable bonds is 5. The van der Waals surface area contributed by atoms with Gasteiger partial charge in [0.15, 0.2) is 0 Å². The molecule has 0 radical (unpaired) electrons. The van der Waals surface area contributed by atoms with Crippen molar-refractivity contribution in [1.82, 2.24) is 0 Å². The van der Waals surface area contributed by atoms with Gasteiger partial charge in [0.05, 0.1) is 0 Å². The molecule has 0 heterocycles. The van der Waals surface area contributed by atoms with Crippen LogP contribution in [0.15, 0.2) is 11.6 Å². The van der Waals surface area contributed by atoms with Crippen LogP contribution in [0.4, 0.5) is 0 Å². The smallest absolute Gasteiger partial charge is 0.321 e. The Labute approximate surface area is 77.0 Å². The van der Waals surface area contributed by atoms with Crippen LogP contribution in [0.3, 0.4) is 0 Å². The topological polar surface area (TPSA) is 63.3 Å². The van der Waals surface area contributed by atoms with Crippen molar-refractivity contribution in [2.45, 2.75) is 19.9 Å². The zero-order valence-corrected chi connectivity index (χ0v) is 8.23. The summed E-state index contributed by atoms with van der Waals surface area (Å²) in [6.07, 6.45) is 2.05. The van der Waals surface area contributed by atoms with E-state index in [4.69, 9.17) is 10.8 Å². The van der Waals surface area contributed by atoms with E-state index in [9.17, 15) is 4.79 Å². The summed E-state index contributed by atoms with van der Waals surface area (Å²) < 4.78 is 0. The van der Waals surface area contributed by atoms with Gasteiger partial charge >= 0.3 is 5.97 Å². The van der Waals surface area contributed by atoms with E-state index in [1.165, 1.54) is 17.3 Å². The summed E-state index contributed by atoms with van der Waals surface area (Å²) in [5.41, 5.74) is 6.53. The average Bonchev–Trinajstić information content (AvgIpc) is 1.97. The van der Waals surface area contributed by atoms with Gasteiger partial charge in [0, 0.05) is 11.5 Å². The normalized spacial score (nSPS) is 12.2. The lowest BCUT2D eigenvalue weighted by Gasteiger charge is -2.03. The highest BCUT2D eigenvalue weighted by Gasteiger charge is 2.09. The molecule has 0 fully saturated rings. The Kier molecular flexibility index (Phi) is 5.84. The number of aliphatic carboxylic acids is 1. The number of carboxylic acid groups (broad SMARTS) is 1. The first-order chi connectivity index (χ1) is 5.54. The first-order valence-electron chi connectivity index (χ1n) is 3.73. The number of nitrogens with two attached hydrogens (primary N) is 1. The quantitative estimate of drug-likeness (QED) is 0.502. The van der Waals surface area contributed by atoms with Crippen LogP contribution in [-0.2, 0) is 4.79 Å². The van der Waals surface area contributed by atoms with Crippen molar-refractivity contribution in [3.05, 3.63) is 11.6 Å². The number of carbonyl (C=O) groups is 1. The van der Waals surface area contributed by atoms with Crippen LogP contribution in [0.2, 0.25) is 0 Å². The highest BCUT2D eigenvalue weighted by atomic mass is 32.2. The van der Waals surface area contributed by atoms with E-state index in [0.29, 0.717) is 5.75 Å². The van der Waals surface area contributed by atoms with Gasteiger partial charge in [0.1, 0.15) is 6.04 Å². The van der Waals surface area contributed by atoms with Crippen LogP contribution in [0.1, 0.15) is 13.8 Å². The Bertz CT molecular complexity index is 176. The Balaban J connectivity index is 3.44. The Morgan fingerprint density at radius 1 is 1.67 bits per heavy atom. The number of thioether (sulfide) groups is 1. The van der Waals surface area contributed by atoms with Crippen molar-refractivity contribution in [2.24, 2.45) is 5.73 Å². The summed E-state index contributed by atoms with van der Waals surface area (Å²) in [6, 6.07) is -0.736. The molecule has 4 heteroatoms. The molecule has 0 amide bonds. The molecule has 12 heavy (non-hydrogen) atoms. The summed E-state index contributed by atoms with van der Waals surface area (Å²) >= 11 is 1.54. The fraction of sp³-hybridized carbons (Fsp3) is 0.625. The number of hydrogen-bond donors (Lipinski definition) is 2. The van der Waals surface area contributed by atoms with Gasteiger partial charge in [0.25, 0.3) is 0 Å². The predicted molar refractivity (Wildman–Crippen MR) is 52.4 cm³/mol. The van der Waals surface area contributed by atoms with Gasteiger partial charge in [-0.15, -0.1) is 0 Å². The van der Waals surface area contributed by atoms with Crippen LogP contribution in [0.25, 0.3) is 0 Å². The maximum atomic E-state index is 10.3. The molecule has 1 atom stereocenters. The first-order valence-corrected chi connectivity index (χ1v) is 4.89. The molecular formula is C8H15NO2S. The predicted octanol–water partition coefficient (Wildman–Crippen LogP) is 1.10. The van der Waals surface area contributed by atoms with Crippen LogP contribution >= 0.6 is 11.8 Å². The van der Waals surface area contributed by atoms with Crippen molar-refractivity contribution >= 4 is 17.7 Å². The molecule has 0 aliphatic carbocycles. The minimum atomic E-state index is -0.931. The molecule has 0 aliphatic heterocycles. The third-order valence-corrected chi connectivity index (χ3v) is 2.22. The molecular weight excluding hydrogens is 174 g/mol. The summed E-state index contributed by atoms with van der Waals surface area (Å²) in [5.74, 6) is 0.377. The monoisotopic (exact) mass is 189 g/mol. The van der Waals surface area contributed by atoms with Crippen molar-refractivity contribution < 1.29 is 9.90 Å². The van der Waals surface area contributed by atoms with Gasteiger partial charge < -0.3 is 10.8 Å². The van der Waals surface area contributed by atoms with Gasteiger partial charge in [-0.3, -0.25) is 4.79 Å². The first kappa shape index (κ1) is 11.5. The van der Waals surface area contributed by atoms with Crippen molar-refractivity contribution in [3.63, 3.8) is 0 Å². The largest absolute Gasteiger partial charge is 0.480 e. The second-order valence-corrected chi connectivity index (χ2v) is 3.84. The number of carboxylic acids is 1. The Morgan fingerprint density at radius 2 is 2.25 bits per heavy atom. The molecule has 0 bridgehead atoms. The average molecular weight is 189 g/mol. The van der Waals surface area contributed by atoms with Gasteiger partial charge in [-0.25, -0.2) is 0 Å². The third kappa shape index (κ3) is 6.24. The van der Waals surface area contributed by atoms with Crippen LogP contribution in [0.5, 0.6) is 0 Å². The fourth-order valence-electron chi connectivity index (χ4n) is 0.492. The van der Waals surface area contributed by atoms with Crippen LogP contribution in [-0.4, -0.2) is 28.6 Å². The van der Waals surface area contributed by atoms with Crippen molar-refractivity contribution in [1.29, 1.82) is 0 Å². The molecule has 3 N–H and O–H groups in total. The summed E-state index contributed by atoms with van der Waals surface area (Å²) in [5, 5.41) is 8.44. The SMILES string of the molecule is CC(C)=CCSC[C@@H](N)C(=O)O. The molecule has 0 unspecified atom stereocenters.